The van der Waals surface area contributed by atoms with Gasteiger partial charge in [-0.3, -0.25) is 0 Å². The molecule has 0 atom stereocenters. The van der Waals surface area contributed by atoms with Gasteiger partial charge in [0.1, 0.15) is 0 Å². The first kappa shape index (κ1) is 16.5. The molecule has 1 heterocycles. The van der Waals surface area contributed by atoms with Gasteiger partial charge in [-0.05, 0) is 34.0 Å². The van der Waals surface area contributed by atoms with Crippen LogP contribution < -0.4 is 11.6 Å². The highest BCUT2D eigenvalue weighted by Gasteiger charge is 2.12. The van der Waals surface area contributed by atoms with Gasteiger partial charge >= 0.3 is 0 Å². The predicted molar refractivity (Wildman–Crippen MR) is 107 cm³/mol. The quantitative estimate of drug-likeness (QED) is 0.322. The maximum absolute atomic E-state index is 6.23. The molecule has 130 valence electrons. The molecule has 3 aromatic carbocycles. The molecule has 0 radical (unpaired) electrons. The molecule has 26 heavy (non-hydrogen) atoms. The summed E-state index contributed by atoms with van der Waals surface area (Å²) in [6.07, 6.45) is 0.646. The maximum atomic E-state index is 6.23. The van der Waals surface area contributed by atoms with Gasteiger partial charge in [0.15, 0.2) is 5.82 Å². The zero-order valence-corrected chi connectivity index (χ0v) is 15.0. The van der Waals surface area contributed by atoms with Crippen molar-refractivity contribution in [2.75, 3.05) is 11.6 Å². The molecular weight excluding hydrogens is 342 g/mol. The number of aromatic nitrogens is 3. The van der Waals surface area contributed by atoms with E-state index in [4.69, 9.17) is 11.6 Å². The van der Waals surface area contributed by atoms with E-state index < -0.39 is 0 Å². The Balaban J connectivity index is 1.52. The fourth-order valence-corrected chi connectivity index (χ4v) is 3.74. The van der Waals surface area contributed by atoms with Crippen LogP contribution in [0.5, 0.6) is 0 Å². The Labute approximate surface area is 156 Å². The average molecular weight is 361 g/mol. The lowest BCUT2D eigenvalue weighted by Gasteiger charge is -2.07. The molecule has 5 nitrogen and oxygen atoms in total. The second-order valence-corrected chi connectivity index (χ2v) is 7.06. The number of fused-ring (bicyclic) bond motifs is 1. The van der Waals surface area contributed by atoms with Crippen molar-refractivity contribution in [3.05, 3.63) is 83.7 Å². The molecule has 0 saturated carbocycles. The van der Waals surface area contributed by atoms with Crippen LogP contribution in [0.4, 0.5) is 5.69 Å². The highest BCUT2D eigenvalue weighted by atomic mass is 32.2. The third-order valence-corrected chi connectivity index (χ3v) is 5.33. The average Bonchev–Trinajstić information content (AvgIpc) is 3.01. The van der Waals surface area contributed by atoms with E-state index in [-0.39, 0.29) is 0 Å². The summed E-state index contributed by atoms with van der Waals surface area (Å²) in [4.78, 5) is 0. The Morgan fingerprint density at radius 2 is 1.65 bits per heavy atom. The smallest absolute Gasteiger partial charge is 0.210 e. The lowest BCUT2D eigenvalue weighted by Crippen LogP contribution is -2.14. The summed E-state index contributed by atoms with van der Waals surface area (Å²) in [5.74, 6) is 7.75. The largest absolute Gasteiger partial charge is 0.399 e. The molecule has 0 fully saturated rings. The van der Waals surface area contributed by atoms with Gasteiger partial charge in [-0.1, -0.05) is 66.4 Å². The van der Waals surface area contributed by atoms with Gasteiger partial charge < -0.3 is 11.6 Å². The van der Waals surface area contributed by atoms with Crippen molar-refractivity contribution in [3.8, 4) is 0 Å². The van der Waals surface area contributed by atoms with E-state index >= 15 is 0 Å². The van der Waals surface area contributed by atoms with Crippen molar-refractivity contribution in [2.45, 2.75) is 17.3 Å². The molecule has 0 aliphatic carbocycles. The number of anilines is 1. The van der Waals surface area contributed by atoms with Crippen LogP contribution in [0, 0.1) is 0 Å². The molecule has 0 unspecified atom stereocenters. The van der Waals surface area contributed by atoms with E-state index in [2.05, 4.69) is 40.5 Å². The number of rotatable bonds is 5. The maximum Gasteiger partial charge on any atom is 0.210 e. The van der Waals surface area contributed by atoms with E-state index in [1.54, 1.807) is 16.4 Å². The molecular formula is C20H19N5S. The number of hydrogen-bond acceptors (Lipinski definition) is 5. The van der Waals surface area contributed by atoms with Crippen LogP contribution in [0.2, 0.25) is 0 Å². The van der Waals surface area contributed by atoms with Crippen LogP contribution in [0.1, 0.15) is 17.0 Å². The molecule has 0 spiro atoms. The van der Waals surface area contributed by atoms with E-state index in [0.29, 0.717) is 11.6 Å². The van der Waals surface area contributed by atoms with Gasteiger partial charge in [-0.2, -0.15) is 0 Å². The number of nitrogen functional groups attached to an aromatic ring is 2. The van der Waals surface area contributed by atoms with Gasteiger partial charge in [-0.25, -0.2) is 4.68 Å². The summed E-state index contributed by atoms with van der Waals surface area (Å²) in [7, 11) is 0. The van der Waals surface area contributed by atoms with Gasteiger partial charge in [-0.15, -0.1) is 10.2 Å². The number of nitrogens with two attached hydrogens (primary N) is 2. The van der Waals surface area contributed by atoms with Crippen molar-refractivity contribution in [2.24, 2.45) is 0 Å². The first-order valence-corrected chi connectivity index (χ1v) is 9.32. The Kier molecular flexibility index (Phi) is 4.50. The minimum atomic E-state index is 0.646. The highest BCUT2D eigenvalue weighted by Crippen LogP contribution is 2.24. The van der Waals surface area contributed by atoms with Crippen LogP contribution >= 0.6 is 11.8 Å². The topological polar surface area (TPSA) is 82.8 Å². The number of hydrogen-bond donors (Lipinski definition) is 2. The zero-order chi connectivity index (χ0) is 17.9. The second kappa shape index (κ2) is 7.09. The summed E-state index contributed by atoms with van der Waals surface area (Å²) in [5, 5.41) is 11.7. The zero-order valence-electron chi connectivity index (χ0n) is 14.2. The minimum absolute atomic E-state index is 0.646. The summed E-state index contributed by atoms with van der Waals surface area (Å²) in [5.41, 5.74) is 8.84. The molecule has 1 aromatic heterocycles. The number of nitrogens with zero attached hydrogens (tertiary/aromatic N) is 3. The van der Waals surface area contributed by atoms with Crippen molar-refractivity contribution >= 4 is 28.2 Å². The SMILES string of the molecule is Nc1ccc(CSc2nnc(Cc3cccc4ccccc34)n2N)cc1. The summed E-state index contributed by atoms with van der Waals surface area (Å²) in [6.45, 7) is 0. The van der Waals surface area contributed by atoms with Crippen LogP contribution in [-0.4, -0.2) is 14.9 Å². The molecule has 4 N–H and O–H groups in total. The van der Waals surface area contributed by atoms with E-state index in [1.165, 1.54) is 21.9 Å². The fourth-order valence-electron chi connectivity index (χ4n) is 2.90. The Bertz CT molecular complexity index is 1030. The normalized spacial score (nSPS) is 11.1. The second-order valence-electron chi connectivity index (χ2n) is 6.11. The van der Waals surface area contributed by atoms with Crippen LogP contribution in [0.15, 0.2) is 71.9 Å². The van der Waals surface area contributed by atoms with E-state index in [0.717, 1.165) is 17.3 Å². The molecule has 6 heteroatoms. The standard InChI is InChI=1S/C20H19N5S/c21-17-10-8-14(9-11-17)13-26-20-24-23-19(25(20)22)12-16-6-3-5-15-4-1-2-7-18(15)16/h1-11H,12-13,21-22H2. The Hall–Kier alpha value is -2.99. The van der Waals surface area contributed by atoms with Gasteiger partial charge in [0.2, 0.25) is 5.16 Å². The lowest BCUT2D eigenvalue weighted by atomic mass is 10.0. The molecule has 4 rings (SSSR count). The van der Waals surface area contributed by atoms with E-state index in [9.17, 15) is 0 Å². The molecule has 0 saturated heterocycles. The van der Waals surface area contributed by atoms with Gasteiger partial charge in [0, 0.05) is 17.9 Å². The summed E-state index contributed by atoms with van der Waals surface area (Å²) < 4.78 is 1.59. The highest BCUT2D eigenvalue weighted by molar-refractivity contribution is 7.98. The van der Waals surface area contributed by atoms with Crippen molar-refractivity contribution < 1.29 is 0 Å². The molecule has 0 bridgehead atoms. The first-order chi connectivity index (χ1) is 12.7. The van der Waals surface area contributed by atoms with Crippen molar-refractivity contribution in [3.63, 3.8) is 0 Å². The summed E-state index contributed by atoms with van der Waals surface area (Å²) >= 11 is 1.56. The fraction of sp³-hybridized carbons (Fsp3) is 0.100. The van der Waals surface area contributed by atoms with Gasteiger partial charge in [0.05, 0.1) is 0 Å². The van der Waals surface area contributed by atoms with E-state index in [1.807, 2.05) is 36.4 Å². The minimum Gasteiger partial charge on any atom is -0.399 e. The Morgan fingerprint density at radius 3 is 2.50 bits per heavy atom. The monoisotopic (exact) mass is 361 g/mol. The number of thioether (sulfide) groups is 1. The van der Waals surface area contributed by atoms with Crippen molar-refractivity contribution in [1.82, 2.24) is 14.9 Å². The van der Waals surface area contributed by atoms with Gasteiger partial charge in [0.25, 0.3) is 0 Å². The third kappa shape index (κ3) is 3.36. The van der Waals surface area contributed by atoms with Crippen LogP contribution in [0.3, 0.4) is 0 Å². The Morgan fingerprint density at radius 1 is 0.885 bits per heavy atom. The molecule has 4 aromatic rings. The summed E-state index contributed by atoms with van der Waals surface area (Å²) in [6, 6.07) is 22.4. The van der Waals surface area contributed by atoms with Crippen LogP contribution in [0.25, 0.3) is 10.8 Å². The first-order valence-electron chi connectivity index (χ1n) is 8.34. The number of benzene rings is 3. The molecule has 0 amide bonds. The predicted octanol–water partition coefficient (Wildman–Crippen LogP) is 3.61. The molecule has 0 aliphatic rings. The van der Waals surface area contributed by atoms with Crippen LogP contribution in [-0.2, 0) is 12.2 Å². The van der Waals surface area contributed by atoms with Crippen molar-refractivity contribution in [1.29, 1.82) is 0 Å². The molecule has 0 aliphatic heterocycles. The third-order valence-electron chi connectivity index (χ3n) is 4.31. The lowest BCUT2D eigenvalue weighted by molar-refractivity contribution is 0.806.